The van der Waals surface area contributed by atoms with E-state index in [1.54, 1.807) is 0 Å². The fraction of sp³-hybridized carbons (Fsp3) is 0.600. The van der Waals surface area contributed by atoms with E-state index in [2.05, 4.69) is 91.8 Å². The average Bonchev–Trinajstić information content (AvgIpc) is 2.82. The van der Waals surface area contributed by atoms with E-state index in [0.29, 0.717) is 26.4 Å². The SMILES string of the molecule is CCc1cc(OCCOCCOc2ccc(C(C)(C)CC)c(CC)c2)ccc1C(C)(C)CC. The molecule has 0 amide bonds. The molecule has 0 N–H and O–H groups in total. The highest BCUT2D eigenvalue weighted by Gasteiger charge is 2.22. The predicted octanol–water partition coefficient (Wildman–Crippen LogP) is 7.66. The molecule has 0 aliphatic carbocycles. The number of hydrogen-bond donors (Lipinski definition) is 0. The number of hydrogen-bond acceptors (Lipinski definition) is 3. The minimum atomic E-state index is 0.192. The lowest BCUT2D eigenvalue weighted by Crippen LogP contribution is -2.18. The summed E-state index contributed by atoms with van der Waals surface area (Å²) in [6, 6.07) is 13.0. The minimum Gasteiger partial charge on any atom is -0.491 e. The number of rotatable bonds is 14. The lowest BCUT2D eigenvalue weighted by Gasteiger charge is -2.26. The Morgan fingerprint density at radius 1 is 0.576 bits per heavy atom. The Kier molecular flexibility index (Phi) is 10.3. The van der Waals surface area contributed by atoms with Crippen LogP contribution in [-0.4, -0.2) is 26.4 Å². The molecule has 0 atom stereocenters. The Morgan fingerprint density at radius 3 is 1.30 bits per heavy atom. The van der Waals surface area contributed by atoms with E-state index in [1.165, 1.54) is 22.3 Å². The van der Waals surface area contributed by atoms with Crippen molar-refractivity contribution in [2.75, 3.05) is 26.4 Å². The van der Waals surface area contributed by atoms with Crippen LogP contribution in [0.4, 0.5) is 0 Å². The Labute approximate surface area is 202 Å². The summed E-state index contributed by atoms with van der Waals surface area (Å²) in [6.07, 6.45) is 4.27. The van der Waals surface area contributed by atoms with Gasteiger partial charge in [0, 0.05) is 0 Å². The van der Waals surface area contributed by atoms with Gasteiger partial charge in [0.05, 0.1) is 13.2 Å². The van der Waals surface area contributed by atoms with Crippen molar-refractivity contribution in [3.05, 3.63) is 58.7 Å². The first-order valence-electron chi connectivity index (χ1n) is 12.8. The van der Waals surface area contributed by atoms with Crippen LogP contribution in [0.5, 0.6) is 11.5 Å². The number of benzene rings is 2. The quantitative estimate of drug-likeness (QED) is 0.274. The smallest absolute Gasteiger partial charge is 0.119 e. The van der Waals surface area contributed by atoms with Crippen LogP contribution in [0, 0.1) is 0 Å². The summed E-state index contributed by atoms with van der Waals surface area (Å²) >= 11 is 0. The van der Waals surface area contributed by atoms with Crippen molar-refractivity contribution in [2.24, 2.45) is 0 Å². The molecule has 184 valence electrons. The van der Waals surface area contributed by atoms with E-state index < -0.39 is 0 Å². The van der Waals surface area contributed by atoms with Crippen LogP contribution in [0.3, 0.4) is 0 Å². The molecule has 33 heavy (non-hydrogen) atoms. The third-order valence-corrected chi connectivity index (χ3v) is 7.13. The molecule has 0 saturated carbocycles. The zero-order valence-electron chi connectivity index (χ0n) is 22.3. The van der Waals surface area contributed by atoms with Crippen molar-refractivity contribution in [2.45, 2.75) is 91.9 Å². The third-order valence-electron chi connectivity index (χ3n) is 7.13. The van der Waals surface area contributed by atoms with E-state index >= 15 is 0 Å². The molecular weight excluding hydrogens is 408 g/mol. The summed E-state index contributed by atoms with van der Waals surface area (Å²) in [6.45, 7) is 20.3. The zero-order chi connectivity index (χ0) is 24.5. The van der Waals surface area contributed by atoms with Crippen molar-refractivity contribution < 1.29 is 14.2 Å². The summed E-state index contributed by atoms with van der Waals surface area (Å²) in [4.78, 5) is 0. The largest absolute Gasteiger partial charge is 0.491 e. The van der Waals surface area contributed by atoms with E-state index in [9.17, 15) is 0 Å². The molecule has 3 heteroatoms. The van der Waals surface area contributed by atoms with Crippen molar-refractivity contribution in [3.8, 4) is 11.5 Å². The molecule has 2 aromatic carbocycles. The molecule has 0 aliphatic heterocycles. The Hall–Kier alpha value is -2.00. The molecule has 0 saturated heterocycles. The highest BCUT2D eigenvalue weighted by Crippen LogP contribution is 2.33. The van der Waals surface area contributed by atoms with Crippen LogP contribution in [-0.2, 0) is 28.4 Å². The summed E-state index contributed by atoms with van der Waals surface area (Å²) in [7, 11) is 0. The van der Waals surface area contributed by atoms with Crippen LogP contribution in [0.25, 0.3) is 0 Å². The molecule has 0 aliphatic rings. The molecule has 3 nitrogen and oxygen atoms in total. The Balaban J connectivity index is 1.76. The van der Waals surface area contributed by atoms with Gasteiger partial charge in [-0.15, -0.1) is 0 Å². The molecule has 2 aromatic rings. The second-order valence-corrected chi connectivity index (χ2v) is 10.1. The van der Waals surface area contributed by atoms with Gasteiger partial charge in [0.15, 0.2) is 0 Å². The van der Waals surface area contributed by atoms with Gasteiger partial charge in [-0.3, -0.25) is 0 Å². The van der Waals surface area contributed by atoms with Crippen molar-refractivity contribution in [1.29, 1.82) is 0 Å². The van der Waals surface area contributed by atoms with E-state index in [1.807, 2.05) is 0 Å². The van der Waals surface area contributed by atoms with Crippen LogP contribution >= 0.6 is 0 Å². The maximum absolute atomic E-state index is 5.93. The topological polar surface area (TPSA) is 27.7 Å². The number of aryl methyl sites for hydroxylation is 2. The molecule has 0 unspecified atom stereocenters. The van der Waals surface area contributed by atoms with Gasteiger partial charge in [0.2, 0.25) is 0 Å². The van der Waals surface area contributed by atoms with Crippen LogP contribution < -0.4 is 9.47 Å². The van der Waals surface area contributed by atoms with E-state index in [-0.39, 0.29) is 10.8 Å². The zero-order valence-corrected chi connectivity index (χ0v) is 22.3. The molecule has 0 heterocycles. The van der Waals surface area contributed by atoms with Gasteiger partial charge in [-0.2, -0.15) is 0 Å². The van der Waals surface area contributed by atoms with E-state index in [0.717, 1.165) is 37.2 Å². The first kappa shape index (κ1) is 27.2. The monoisotopic (exact) mass is 454 g/mol. The fourth-order valence-corrected chi connectivity index (χ4v) is 4.15. The third kappa shape index (κ3) is 7.50. The van der Waals surface area contributed by atoms with Gasteiger partial charge < -0.3 is 14.2 Å². The van der Waals surface area contributed by atoms with Gasteiger partial charge in [-0.1, -0.05) is 67.5 Å². The maximum atomic E-state index is 5.93. The standard InChI is InChI=1S/C30H46O3/c1-9-23-21-25(13-15-27(23)29(5,6)11-3)32-19-17-31-18-20-33-26-14-16-28(24(10-2)22-26)30(7,8)12-4/h13-16,21-22H,9-12,17-20H2,1-8H3. The van der Waals surface area contributed by atoms with Gasteiger partial charge in [0.25, 0.3) is 0 Å². The van der Waals surface area contributed by atoms with E-state index in [4.69, 9.17) is 14.2 Å². The summed E-state index contributed by atoms with van der Waals surface area (Å²) in [5.74, 6) is 1.84. The summed E-state index contributed by atoms with van der Waals surface area (Å²) in [5, 5.41) is 0. The molecule has 0 bridgehead atoms. The lowest BCUT2D eigenvalue weighted by atomic mass is 9.79. The van der Waals surface area contributed by atoms with Crippen molar-refractivity contribution in [1.82, 2.24) is 0 Å². The molecule has 0 spiro atoms. The highest BCUT2D eigenvalue weighted by molar-refractivity contribution is 5.40. The lowest BCUT2D eigenvalue weighted by molar-refractivity contribution is 0.0764. The molecule has 2 rings (SSSR count). The van der Waals surface area contributed by atoms with Crippen LogP contribution in [0.15, 0.2) is 36.4 Å². The molecular formula is C30H46O3. The minimum absolute atomic E-state index is 0.192. The molecule has 0 aromatic heterocycles. The predicted molar refractivity (Wildman–Crippen MR) is 140 cm³/mol. The first-order valence-corrected chi connectivity index (χ1v) is 12.8. The van der Waals surface area contributed by atoms with Gasteiger partial charge in [0.1, 0.15) is 24.7 Å². The normalized spacial score (nSPS) is 12.1. The summed E-state index contributed by atoms with van der Waals surface area (Å²) < 4.78 is 17.6. The molecule has 0 radical (unpaired) electrons. The fourth-order valence-electron chi connectivity index (χ4n) is 4.15. The van der Waals surface area contributed by atoms with Gasteiger partial charge in [-0.25, -0.2) is 0 Å². The van der Waals surface area contributed by atoms with Gasteiger partial charge in [-0.05, 0) is 83.0 Å². The number of ether oxygens (including phenoxy) is 3. The Morgan fingerprint density at radius 2 is 0.970 bits per heavy atom. The van der Waals surface area contributed by atoms with Gasteiger partial charge >= 0.3 is 0 Å². The van der Waals surface area contributed by atoms with Crippen LogP contribution in [0.1, 0.15) is 90.5 Å². The first-order chi connectivity index (χ1) is 15.7. The average molecular weight is 455 g/mol. The van der Waals surface area contributed by atoms with Crippen LogP contribution in [0.2, 0.25) is 0 Å². The van der Waals surface area contributed by atoms with Crippen molar-refractivity contribution in [3.63, 3.8) is 0 Å². The second kappa shape index (κ2) is 12.5. The second-order valence-electron chi connectivity index (χ2n) is 10.1. The maximum Gasteiger partial charge on any atom is 0.119 e. The highest BCUT2D eigenvalue weighted by atomic mass is 16.5. The summed E-state index contributed by atoms with van der Waals surface area (Å²) in [5.41, 5.74) is 5.97. The van der Waals surface area contributed by atoms with Crippen molar-refractivity contribution >= 4 is 0 Å². The Bertz CT molecular complexity index is 795. The molecule has 0 fully saturated rings.